The topological polar surface area (TPSA) is 8.29 Å². The van der Waals surface area contributed by atoms with Crippen molar-refractivity contribution in [3.8, 4) is 11.3 Å². The van der Waals surface area contributed by atoms with Gasteiger partial charge in [-0.2, -0.15) is 4.40 Å². The molecule has 0 atom stereocenters. The fourth-order valence-electron chi connectivity index (χ4n) is 7.09. The van der Waals surface area contributed by atoms with Crippen LogP contribution in [0.4, 0.5) is 0 Å². The molecule has 0 bridgehead atoms. The highest BCUT2D eigenvalue weighted by Gasteiger charge is 2.43. The molecule has 2 heteroatoms. The van der Waals surface area contributed by atoms with Crippen molar-refractivity contribution in [1.29, 1.82) is 0 Å². The van der Waals surface area contributed by atoms with Crippen molar-refractivity contribution in [2.24, 2.45) is 11.8 Å². The first-order valence-corrected chi connectivity index (χ1v) is 14.4. The molecule has 0 spiro atoms. The Morgan fingerprint density at radius 2 is 1.41 bits per heavy atom. The van der Waals surface area contributed by atoms with E-state index in [1.165, 1.54) is 55.3 Å². The van der Waals surface area contributed by atoms with Crippen LogP contribution in [-0.2, 0) is 24.8 Å². The second-order valence-corrected chi connectivity index (χ2v) is 12.2. The van der Waals surface area contributed by atoms with Crippen molar-refractivity contribution in [2.75, 3.05) is 0 Å². The number of hydrogen-bond donors (Lipinski definition) is 0. The van der Waals surface area contributed by atoms with Gasteiger partial charge in [-0.3, -0.25) is 0 Å². The van der Waals surface area contributed by atoms with Gasteiger partial charge in [0, 0.05) is 22.8 Å². The Balaban J connectivity index is 1.84. The van der Waals surface area contributed by atoms with Crippen molar-refractivity contribution < 1.29 is 4.57 Å². The number of nitrogens with zero attached hydrogens (tertiary/aromatic N) is 2. The Morgan fingerprint density at radius 3 is 2.05 bits per heavy atom. The summed E-state index contributed by atoms with van der Waals surface area (Å²) in [5, 5.41) is 4.18. The first kappa shape index (κ1) is 24.2. The van der Waals surface area contributed by atoms with Crippen LogP contribution < -0.4 is 4.57 Å². The van der Waals surface area contributed by atoms with E-state index in [-0.39, 0.29) is 5.54 Å². The SMILES string of the molecule is CCC1(CC)Cc2cccc3c4ccccc4n4c(-c5c(CC(C)C)cccc5CC(C)C)c[n+]1c4c23. The van der Waals surface area contributed by atoms with Gasteiger partial charge in [-0.25, -0.2) is 4.57 Å². The minimum Gasteiger partial charge on any atom is -0.223 e. The fraction of sp³-hybridized carbons (Fsp3) is 0.400. The van der Waals surface area contributed by atoms with Crippen LogP contribution >= 0.6 is 0 Å². The van der Waals surface area contributed by atoms with E-state index >= 15 is 0 Å². The number of fused-ring (bicyclic) bond motifs is 3. The van der Waals surface area contributed by atoms with Crippen LogP contribution in [0.1, 0.15) is 71.1 Å². The van der Waals surface area contributed by atoms with Gasteiger partial charge in [0.25, 0.3) is 5.65 Å². The van der Waals surface area contributed by atoms with Gasteiger partial charge in [-0.05, 0) is 60.3 Å². The number of para-hydroxylation sites is 1. The van der Waals surface area contributed by atoms with E-state index in [2.05, 4.69) is 117 Å². The van der Waals surface area contributed by atoms with Crippen LogP contribution in [0, 0.1) is 11.8 Å². The molecule has 1 aliphatic heterocycles. The first-order valence-electron chi connectivity index (χ1n) is 14.4. The number of aromatic nitrogens is 2. The summed E-state index contributed by atoms with van der Waals surface area (Å²) < 4.78 is 5.32. The molecule has 0 fully saturated rings. The summed E-state index contributed by atoms with van der Waals surface area (Å²) in [6, 6.07) is 23.1. The molecule has 0 N–H and O–H groups in total. The monoisotopic (exact) mass is 489 g/mol. The summed E-state index contributed by atoms with van der Waals surface area (Å²) in [7, 11) is 0. The lowest BCUT2D eigenvalue weighted by Crippen LogP contribution is -2.58. The van der Waals surface area contributed by atoms with Gasteiger partial charge in [0.05, 0.1) is 5.39 Å². The van der Waals surface area contributed by atoms with E-state index in [1.807, 2.05) is 0 Å². The number of benzene rings is 3. The third kappa shape index (κ3) is 3.63. The highest BCUT2D eigenvalue weighted by molar-refractivity contribution is 6.13. The molecular weight excluding hydrogens is 448 g/mol. The molecule has 1 aliphatic rings. The Kier molecular flexibility index (Phi) is 5.90. The van der Waals surface area contributed by atoms with Crippen LogP contribution in [0.3, 0.4) is 0 Å². The van der Waals surface area contributed by atoms with E-state index < -0.39 is 0 Å². The zero-order chi connectivity index (χ0) is 25.9. The predicted molar refractivity (Wildman–Crippen MR) is 157 cm³/mol. The van der Waals surface area contributed by atoms with Crippen LogP contribution in [0.25, 0.3) is 38.6 Å². The average Bonchev–Trinajstić information content (AvgIpc) is 3.29. The summed E-state index contributed by atoms with van der Waals surface area (Å²) in [5.41, 5.74) is 10.1. The molecule has 6 rings (SSSR count). The lowest BCUT2D eigenvalue weighted by molar-refractivity contribution is -0.743. The quantitative estimate of drug-likeness (QED) is 0.160. The minimum atomic E-state index is 0.0957. The van der Waals surface area contributed by atoms with Crippen molar-refractivity contribution in [1.82, 2.24) is 4.40 Å². The third-order valence-corrected chi connectivity index (χ3v) is 8.84. The Bertz CT molecular complexity index is 1600. The molecular formula is C35H41N2+. The van der Waals surface area contributed by atoms with Gasteiger partial charge >= 0.3 is 0 Å². The fourth-order valence-corrected chi connectivity index (χ4v) is 7.09. The summed E-state index contributed by atoms with van der Waals surface area (Å²) >= 11 is 0. The molecule has 0 aliphatic carbocycles. The standard InChI is InChI=1S/C35H41N2/c1-7-35(8-2)21-27-15-12-17-29-28-16-9-10-18-30(28)37-31(22-36(35)34(37)33(27)29)32-25(19-23(3)4)13-11-14-26(32)20-24(5)6/h9-18,22-24H,7-8,19-21H2,1-6H3/q+1. The highest BCUT2D eigenvalue weighted by atomic mass is 15.2. The largest absolute Gasteiger partial charge is 0.295 e. The van der Waals surface area contributed by atoms with Gasteiger partial charge in [0.2, 0.25) is 0 Å². The van der Waals surface area contributed by atoms with Gasteiger partial charge in [0.15, 0.2) is 5.69 Å². The lowest BCUT2D eigenvalue weighted by Gasteiger charge is -2.32. The molecule has 5 aromatic rings. The summed E-state index contributed by atoms with van der Waals surface area (Å²) in [5.74, 6) is 1.22. The summed E-state index contributed by atoms with van der Waals surface area (Å²) in [6.07, 6.45) is 8.08. The van der Waals surface area contributed by atoms with E-state index in [1.54, 1.807) is 0 Å². The number of imidazole rings is 1. The maximum absolute atomic E-state index is 2.69. The van der Waals surface area contributed by atoms with Crippen molar-refractivity contribution in [3.63, 3.8) is 0 Å². The van der Waals surface area contributed by atoms with Crippen LogP contribution in [0.5, 0.6) is 0 Å². The first-order chi connectivity index (χ1) is 17.9. The van der Waals surface area contributed by atoms with Crippen LogP contribution in [0.15, 0.2) is 66.9 Å². The Morgan fingerprint density at radius 1 is 0.784 bits per heavy atom. The summed E-state index contributed by atoms with van der Waals surface area (Å²) in [4.78, 5) is 0. The third-order valence-electron chi connectivity index (χ3n) is 8.84. The van der Waals surface area contributed by atoms with Crippen molar-refractivity contribution in [3.05, 3.63) is 83.6 Å². The number of hydrogen-bond acceptors (Lipinski definition) is 0. The number of rotatable bonds is 7. The molecule has 37 heavy (non-hydrogen) atoms. The normalized spacial score (nSPS) is 14.7. The molecule has 0 amide bonds. The van der Waals surface area contributed by atoms with Gasteiger partial charge in [-0.15, -0.1) is 0 Å². The average molecular weight is 490 g/mol. The second-order valence-electron chi connectivity index (χ2n) is 12.2. The zero-order valence-electron chi connectivity index (χ0n) is 23.4. The second kappa shape index (κ2) is 9.01. The van der Waals surface area contributed by atoms with E-state index in [0.29, 0.717) is 11.8 Å². The van der Waals surface area contributed by atoms with Crippen molar-refractivity contribution in [2.45, 2.75) is 79.2 Å². The maximum Gasteiger partial charge on any atom is 0.295 e. The molecule has 0 saturated carbocycles. The molecule has 2 nitrogen and oxygen atoms in total. The molecule has 3 aromatic carbocycles. The van der Waals surface area contributed by atoms with Gasteiger partial charge in [0.1, 0.15) is 17.3 Å². The van der Waals surface area contributed by atoms with E-state index in [0.717, 1.165) is 32.1 Å². The molecule has 0 unspecified atom stereocenters. The van der Waals surface area contributed by atoms with Crippen LogP contribution in [0.2, 0.25) is 0 Å². The molecule has 3 heterocycles. The number of pyridine rings is 1. The van der Waals surface area contributed by atoms with E-state index in [4.69, 9.17) is 0 Å². The Hall–Kier alpha value is -3.13. The molecule has 0 radical (unpaired) electrons. The molecule has 2 aromatic heterocycles. The van der Waals surface area contributed by atoms with Gasteiger partial charge < -0.3 is 0 Å². The molecule has 0 saturated heterocycles. The van der Waals surface area contributed by atoms with Crippen LogP contribution in [-0.4, -0.2) is 4.40 Å². The lowest BCUT2D eigenvalue weighted by atomic mass is 9.81. The summed E-state index contributed by atoms with van der Waals surface area (Å²) in [6.45, 7) is 14.1. The highest BCUT2D eigenvalue weighted by Crippen LogP contribution is 2.42. The zero-order valence-corrected chi connectivity index (χ0v) is 23.4. The predicted octanol–water partition coefficient (Wildman–Crippen LogP) is 8.67. The molecule has 190 valence electrons. The minimum absolute atomic E-state index is 0.0957. The Labute approximate surface area is 222 Å². The maximum atomic E-state index is 2.69. The smallest absolute Gasteiger partial charge is 0.223 e. The van der Waals surface area contributed by atoms with Gasteiger partial charge in [-0.1, -0.05) is 96.1 Å². The van der Waals surface area contributed by atoms with E-state index in [9.17, 15) is 0 Å². The van der Waals surface area contributed by atoms with Crippen molar-refractivity contribution >= 4 is 27.3 Å².